The van der Waals surface area contributed by atoms with Gasteiger partial charge in [0.05, 0.1) is 0 Å². The molecule has 19 heavy (non-hydrogen) atoms. The van der Waals surface area contributed by atoms with Crippen LogP contribution in [0.1, 0.15) is 38.4 Å². The van der Waals surface area contributed by atoms with Gasteiger partial charge in [0.25, 0.3) is 0 Å². The highest BCUT2D eigenvalue weighted by atomic mass is 16.2. The van der Waals surface area contributed by atoms with Crippen molar-refractivity contribution in [2.45, 2.75) is 33.7 Å². The van der Waals surface area contributed by atoms with Crippen molar-refractivity contribution in [3.63, 3.8) is 0 Å². The summed E-state index contributed by atoms with van der Waals surface area (Å²) in [4.78, 5) is 17.9. The summed E-state index contributed by atoms with van der Waals surface area (Å²) in [5, 5.41) is 9.02. The summed E-state index contributed by atoms with van der Waals surface area (Å²) in [6.45, 7) is 7.75. The van der Waals surface area contributed by atoms with E-state index in [2.05, 4.69) is 31.8 Å². The number of carbonyl (C=O) groups is 1. The minimum Gasteiger partial charge on any atom is -0.338 e. The molecular weight excluding hydrogens is 238 g/mol. The number of rotatable bonds is 2. The summed E-state index contributed by atoms with van der Waals surface area (Å²) in [6.07, 6.45) is 2.21. The average molecular weight is 257 g/mol. The Morgan fingerprint density at radius 3 is 2.84 bits per heavy atom. The van der Waals surface area contributed by atoms with Crippen molar-refractivity contribution in [3.05, 3.63) is 29.6 Å². The fraction of sp³-hybridized carbons (Fsp3) is 0.533. The monoisotopic (exact) mass is 257 g/mol. The minimum absolute atomic E-state index is 0.136. The lowest BCUT2D eigenvalue weighted by Crippen LogP contribution is -2.27. The van der Waals surface area contributed by atoms with Gasteiger partial charge in [-0.3, -0.25) is 4.79 Å². The van der Waals surface area contributed by atoms with Crippen LogP contribution in [0.25, 0.3) is 0 Å². The van der Waals surface area contributed by atoms with Crippen molar-refractivity contribution in [1.29, 1.82) is 5.26 Å². The first-order valence-electron chi connectivity index (χ1n) is 6.53. The quantitative estimate of drug-likeness (QED) is 0.817. The minimum atomic E-state index is 0.136. The number of nitrogens with zero attached hydrogens (tertiary/aromatic N) is 3. The molecule has 0 spiro atoms. The van der Waals surface area contributed by atoms with Crippen LogP contribution in [-0.2, 0) is 11.3 Å². The molecular formula is C15H19N3O. The van der Waals surface area contributed by atoms with Crippen LogP contribution < -0.4 is 0 Å². The lowest BCUT2D eigenvalue weighted by atomic mass is 9.80. The predicted molar refractivity (Wildman–Crippen MR) is 71.9 cm³/mol. The van der Waals surface area contributed by atoms with Gasteiger partial charge < -0.3 is 4.90 Å². The number of nitriles is 1. The summed E-state index contributed by atoms with van der Waals surface area (Å²) in [6, 6.07) is 5.74. The summed E-state index contributed by atoms with van der Waals surface area (Å²) in [7, 11) is 0. The van der Waals surface area contributed by atoms with Crippen LogP contribution >= 0.6 is 0 Å². The van der Waals surface area contributed by atoms with Crippen molar-refractivity contribution in [1.82, 2.24) is 9.88 Å². The third-order valence-electron chi connectivity index (χ3n) is 3.80. The number of amides is 1. The molecule has 0 saturated carbocycles. The number of hydrogen-bond donors (Lipinski definition) is 0. The summed E-state index contributed by atoms with van der Waals surface area (Å²) in [5.41, 5.74) is 1.37. The molecule has 100 valence electrons. The number of pyridine rings is 1. The first-order valence-corrected chi connectivity index (χ1v) is 6.53. The lowest BCUT2D eigenvalue weighted by Gasteiger charge is -2.26. The molecule has 0 N–H and O–H groups in total. The second-order valence-corrected chi connectivity index (χ2v) is 6.16. The highest BCUT2D eigenvalue weighted by Crippen LogP contribution is 2.34. The van der Waals surface area contributed by atoms with Gasteiger partial charge >= 0.3 is 0 Å². The van der Waals surface area contributed by atoms with Gasteiger partial charge in [-0.05, 0) is 17.4 Å². The van der Waals surface area contributed by atoms with Gasteiger partial charge in [-0.25, -0.2) is 4.98 Å². The summed E-state index contributed by atoms with van der Waals surface area (Å²) < 4.78 is 0. The largest absolute Gasteiger partial charge is 0.338 e. The number of aromatic nitrogens is 1. The molecule has 1 aromatic rings. The van der Waals surface area contributed by atoms with E-state index in [4.69, 9.17) is 5.26 Å². The zero-order valence-corrected chi connectivity index (χ0v) is 11.7. The molecule has 2 rings (SSSR count). The Balaban J connectivity index is 2.13. The fourth-order valence-corrected chi connectivity index (χ4v) is 2.38. The van der Waals surface area contributed by atoms with Gasteiger partial charge in [0.1, 0.15) is 11.8 Å². The van der Waals surface area contributed by atoms with Crippen molar-refractivity contribution in [2.24, 2.45) is 11.3 Å². The SMILES string of the molecule is CC(C)(C)C1CC(=O)N(Cc2cccnc2C#N)C1. The van der Waals surface area contributed by atoms with E-state index < -0.39 is 0 Å². The zero-order chi connectivity index (χ0) is 14.0. The molecule has 1 unspecified atom stereocenters. The molecule has 1 aliphatic heterocycles. The van der Waals surface area contributed by atoms with Crippen LogP contribution in [0.4, 0.5) is 0 Å². The third-order valence-corrected chi connectivity index (χ3v) is 3.80. The Morgan fingerprint density at radius 1 is 1.53 bits per heavy atom. The second-order valence-electron chi connectivity index (χ2n) is 6.16. The van der Waals surface area contributed by atoms with Gasteiger partial charge in [-0.15, -0.1) is 0 Å². The van der Waals surface area contributed by atoms with E-state index in [0.717, 1.165) is 12.1 Å². The van der Waals surface area contributed by atoms with Crippen LogP contribution in [0.2, 0.25) is 0 Å². The highest BCUT2D eigenvalue weighted by molar-refractivity contribution is 5.78. The van der Waals surface area contributed by atoms with Crippen molar-refractivity contribution >= 4 is 5.91 Å². The van der Waals surface area contributed by atoms with E-state index in [-0.39, 0.29) is 11.3 Å². The highest BCUT2D eigenvalue weighted by Gasteiger charge is 2.36. The van der Waals surface area contributed by atoms with E-state index in [0.29, 0.717) is 24.6 Å². The van der Waals surface area contributed by atoms with Crippen molar-refractivity contribution in [3.8, 4) is 6.07 Å². The van der Waals surface area contributed by atoms with E-state index in [9.17, 15) is 4.79 Å². The molecule has 1 saturated heterocycles. The predicted octanol–water partition coefficient (Wildman–Crippen LogP) is 2.35. The maximum absolute atomic E-state index is 12.1. The van der Waals surface area contributed by atoms with Crippen LogP contribution in [0.5, 0.6) is 0 Å². The Labute approximate surface area is 114 Å². The Hall–Kier alpha value is -1.89. The van der Waals surface area contributed by atoms with Crippen LogP contribution in [0, 0.1) is 22.7 Å². The van der Waals surface area contributed by atoms with E-state index >= 15 is 0 Å². The molecule has 4 nitrogen and oxygen atoms in total. The smallest absolute Gasteiger partial charge is 0.223 e. The first kappa shape index (κ1) is 13.5. The first-order chi connectivity index (χ1) is 8.91. The summed E-state index contributed by atoms with van der Waals surface area (Å²) in [5.74, 6) is 0.551. The number of hydrogen-bond acceptors (Lipinski definition) is 3. The van der Waals surface area contributed by atoms with Gasteiger partial charge in [0.15, 0.2) is 0 Å². The van der Waals surface area contributed by atoms with Crippen LogP contribution in [0.15, 0.2) is 18.3 Å². The molecule has 0 aromatic carbocycles. The normalized spacial score (nSPS) is 19.6. The average Bonchev–Trinajstić information content (AvgIpc) is 2.72. The van der Waals surface area contributed by atoms with Gasteiger partial charge in [0, 0.05) is 31.3 Å². The van der Waals surface area contributed by atoms with Crippen LogP contribution in [-0.4, -0.2) is 22.3 Å². The Bertz CT molecular complexity index is 525. The van der Waals surface area contributed by atoms with Crippen LogP contribution in [0.3, 0.4) is 0 Å². The molecule has 1 atom stereocenters. The molecule has 1 amide bonds. The maximum Gasteiger partial charge on any atom is 0.223 e. The Morgan fingerprint density at radius 2 is 2.26 bits per heavy atom. The third kappa shape index (κ3) is 2.93. The molecule has 1 aliphatic rings. The molecule has 0 radical (unpaired) electrons. The number of carbonyl (C=O) groups excluding carboxylic acids is 1. The van der Waals surface area contributed by atoms with Crippen molar-refractivity contribution < 1.29 is 4.79 Å². The van der Waals surface area contributed by atoms with E-state index in [1.54, 1.807) is 12.3 Å². The Kier molecular flexibility index (Phi) is 3.57. The van der Waals surface area contributed by atoms with Crippen molar-refractivity contribution in [2.75, 3.05) is 6.54 Å². The zero-order valence-electron chi connectivity index (χ0n) is 11.7. The maximum atomic E-state index is 12.1. The van der Waals surface area contributed by atoms with E-state index in [1.165, 1.54) is 0 Å². The molecule has 1 fully saturated rings. The van der Waals surface area contributed by atoms with Gasteiger partial charge in [-0.1, -0.05) is 26.8 Å². The molecule has 1 aromatic heterocycles. The van der Waals surface area contributed by atoms with Gasteiger partial charge in [0.2, 0.25) is 5.91 Å². The molecule has 2 heterocycles. The molecule has 0 aliphatic carbocycles. The number of likely N-dealkylation sites (tertiary alicyclic amines) is 1. The lowest BCUT2D eigenvalue weighted by molar-refractivity contribution is -0.128. The standard InChI is InChI=1S/C15H19N3O/c1-15(2,3)12-7-14(19)18(10-12)9-11-5-4-6-17-13(11)8-16/h4-6,12H,7,9-10H2,1-3H3. The van der Waals surface area contributed by atoms with E-state index in [1.807, 2.05) is 11.0 Å². The topological polar surface area (TPSA) is 57.0 Å². The molecule has 0 bridgehead atoms. The second kappa shape index (κ2) is 5.00. The molecule has 4 heteroatoms. The van der Waals surface area contributed by atoms with Gasteiger partial charge in [-0.2, -0.15) is 5.26 Å². The fourth-order valence-electron chi connectivity index (χ4n) is 2.38. The summed E-state index contributed by atoms with van der Waals surface area (Å²) >= 11 is 0.